The molecule has 0 spiro atoms. The Morgan fingerprint density at radius 2 is 1.83 bits per heavy atom. The Morgan fingerprint density at radius 3 is 2.46 bits per heavy atom. The van der Waals surface area contributed by atoms with Gasteiger partial charge in [-0.1, -0.05) is 30.3 Å². The topological polar surface area (TPSA) is 67.6 Å². The van der Waals surface area contributed by atoms with Gasteiger partial charge in [-0.2, -0.15) is 0 Å². The molecule has 0 bridgehead atoms. The first-order chi connectivity index (χ1) is 11.7. The first kappa shape index (κ1) is 18.0. The van der Waals surface area contributed by atoms with Crippen LogP contribution in [0.2, 0.25) is 0 Å². The summed E-state index contributed by atoms with van der Waals surface area (Å²) >= 11 is 0. The third-order valence-electron chi connectivity index (χ3n) is 3.51. The van der Waals surface area contributed by atoms with E-state index in [2.05, 4.69) is 5.32 Å². The molecule has 5 nitrogen and oxygen atoms in total. The van der Waals surface area contributed by atoms with Crippen LogP contribution in [0.1, 0.15) is 12.5 Å². The smallest absolute Gasteiger partial charge is 0.238 e. The number of rotatable bonds is 9. The maximum absolute atomic E-state index is 12.3. The van der Waals surface area contributed by atoms with E-state index in [9.17, 15) is 4.79 Å². The van der Waals surface area contributed by atoms with Crippen molar-refractivity contribution in [3.05, 3.63) is 60.2 Å². The second-order valence-electron chi connectivity index (χ2n) is 5.49. The van der Waals surface area contributed by atoms with Crippen molar-refractivity contribution in [2.45, 2.75) is 13.5 Å². The van der Waals surface area contributed by atoms with Gasteiger partial charge in [-0.3, -0.25) is 9.69 Å². The van der Waals surface area contributed by atoms with Crippen molar-refractivity contribution in [1.82, 2.24) is 4.90 Å². The van der Waals surface area contributed by atoms with Gasteiger partial charge in [-0.25, -0.2) is 0 Å². The van der Waals surface area contributed by atoms with Gasteiger partial charge in [0.25, 0.3) is 0 Å². The number of ether oxygens (including phenoxy) is 1. The minimum absolute atomic E-state index is 0.0523. The molecule has 3 N–H and O–H groups in total. The number of nitrogens with one attached hydrogen (secondary N) is 1. The summed E-state index contributed by atoms with van der Waals surface area (Å²) in [5.41, 5.74) is 7.60. The predicted molar refractivity (Wildman–Crippen MR) is 97.0 cm³/mol. The van der Waals surface area contributed by atoms with Gasteiger partial charge >= 0.3 is 0 Å². The summed E-state index contributed by atoms with van der Waals surface area (Å²) in [4.78, 5) is 14.3. The molecule has 2 rings (SSSR count). The summed E-state index contributed by atoms with van der Waals surface area (Å²) < 4.78 is 5.39. The van der Waals surface area contributed by atoms with E-state index in [1.165, 1.54) is 5.56 Å². The Morgan fingerprint density at radius 1 is 1.12 bits per heavy atom. The highest BCUT2D eigenvalue weighted by Crippen LogP contribution is 2.15. The number of benzene rings is 2. The van der Waals surface area contributed by atoms with E-state index in [-0.39, 0.29) is 5.91 Å². The molecule has 0 unspecified atom stereocenters. The molecule has 0 aromatic heterocycles. The van der Waals surface area contributed by atoms with Gasteiger partial charge in [0.15, 0.2) is 0 Å². The molecule has 0 radical (unpaired) electrons. The van der Waals surface area contributed by atoms with Crippen molar-refractivity contribution in [2.24, 2.45) is 5.73 Å². The van der Waals surface area contributed by atoms with E-state index in [1.807, 2.05) is 66.4 Å². The number of anilines is 1. The van der Waals surface area contributed by atoms with E-state index in [4.69, 9.17) is 10.5 Å². The van der Waals surface area contributed by atoms with Gasteiger partial charge in [-0.05, 0) is 36.8 Å². The minimum atomic E-state index is -0.0523. The highest BCUT2D eigenvalue weighted by Gasteiger charge is 2.11. The number of carbonyl (C=O) groups excluding carboxylic acids is 1. The van der Waals surface area contributed by atoms with Crippen molar-refractivity contribution in [2.75, 3.05) is 31.6 Å². The summed E-state index contributed by atoms with van der Waals surface area (Å²) in [6.07, 6.45) is 0. The Labute approximate surface area is 143 Å². The SMILES string of the molecule is CCOc1ccc(NC(=O)CN(CCN)Cc2ccccc2)cc1. The minimum Gasteiger partial charge on any atom is -0.494 e. The summed E-state index contributed by atoms with van der Waals surface area (Å²) in [6.45, 7) is 4.76. The first-order valence-corrected chi connectivity index (χ1v) is 8.20. The lowest BCUT2D eigenvalue weighted by Gasteiger charge is -2.21. The van der Waals surface area contributed by atoms with Crippen LogP contribution in [-0.2, 0) is 11.3 Å². The second kappa shape index (κ2) is 9.70. The molecule has 0 heterocycles. The van der Waals surface area contributed by atoms with Gasteiger partial charge in [0.2, 0.25) is 5.91 Å². The Balaban J connectivity index is 1.90. The number of hydrogen-bond acceptors (Lipinski definition) is 4. The van der Waals surface area contributed by atoms with Crippen LogP contribution in [0.5, 0.6) is 5.75 Å². The van der Waals surface area contributed by atoms with E-state index < -0.39 is 0 Å². The average Bonchev–Trinajstić information content (AvgIpc) is 2.58. The van der Waals surface area contributed by atoms with Gasteiger partial charge < -0.3 is 15.8 Å². The molecule has 2 aromatic carbocycles. The summed E-state index contributed by atoms with van der Waals surface area (Å²) in [5, 5.41) is 2.91. The third kappa shape index (κ3) is 6.02. The highest BCUT2D eigenvalue weighted by molar-refractivity contribution is 5.92. The van der Waals surface area contributed by atoms with Crippen LogP contribution >= 0.6 is 0 Å². The number of hydrogen-bond donors (Lipinski definition) is 2. The lowest BCUT2D eigenvalue weighted by atomic mass is 10.2. The fraction of sp³-hybridized carbons (Fsp3) is 0.316. The van der Waals surface area contributed by atoms with Gasteiger partial charge in [0.05, 0.1) is 13.2 Å². The molecule has 0 saturated heterocycles. The quantitative estimate of drug-likeness (QED) is 0.742. The first-order valence-electron chi connectivity index (χ1n) is 8.20. The number of amides is 1. The molecule has 0 aliphatic heterocycles. The zero-order valence-electron chi connectivity index (χ0n) is 14.1. The maximum Gasteiger partial charge on any atom is 0.238 e. The average molecular weight is 327 g/mol. The monoisotopic (exact) mass is 327 g/mol. The van der Waals surface area contributed by atoms with Crippen LogP contribution in [-0.4, -0.2) is 37.0 Å². The van der Waals surface area contributed by atoms with Gasteiger partial charge in [0, 0.05) is 25.3 Å². The lowest BCUT2D eigenvalue weighted by Crippen LogP contribution is -2.36. The molecule has 0 aliphatic carbocycles. The van der Waals surface area contributed by atoms with Gasteiger partial charge in [0.1, 0.15) is 5.75 Å². The normalized spacial score (nSPS) is 10.6. The molecular weight excluding hydrogens is 302 g/mol. The van der Waals surface area contributed by atoms with E-state index in [1.54, 1.807) is 0 Å². The van der Waals surface area contributed by atoms with Crippen molar-refractivity contribution < 1.29 is 9.53 Å². The number of carbonyl (C=O) groups is 1. The van der Waals surface area contributed by atoms with Crippen LogP contribution < -0.4 is 15.8 Å². The largest absolute Gasteiger partial charge is 0.494 e. The van der Waals surface area contributed by atoms with Crippen LogP contribution in [0, 0.1) is 0 Å². The molecule has 2 aromatic rings. The maximum atomic E-state index is 12.3. The Bertz CT molecular complexity index is 614. The zero-order chi connectivity index (χ0) is 17.2. The van der Waals surface area contributed by atoms with E-state index in [0.29, 0.717) is 32.8 Å². The number of nitrogens with two attached hydrogens (primary N) is 1. The highest BCUT2D eigenvalue weighted by atomic mass is 16.5. The summed E-state index contributed by atoms with van der Waals surface area (Å²) in [7, 11) is 0. The number of nitrogens with zero attached hydrogens (tertiary/aromatic N) is 1. The van der Waals surface area contributed by atoms with Crippen molar-refractivity contribution >= 4 is 11.6 Å². The van der Waals surface area contributed by atoms with E-state index in [0.717, 1.165) is 11.4 Å². The van der Waals surface area contributed by atoms with Crippen LogP contribution in [0.25, 0.3) is 0 Å². The third-order valence-corrected chi connectivity index (χ3v) is 3.51. The van der Waals surface area contributed by atoms with Crippen molar-refractivity contribution in [3.63, 3.8) is 0 Å². The molecule has 128 valence electrons. The zero-order valence-corrected chi connectivity index (χ0v) is 14.1. The fourth-order valence-electron chi connectivity index (χ4n) is 2.44. The van der Waals surface area contributed by atoms with Crippen LogP contribution in [0.3, 0.4) is 0 Å². The molecule has 0 aliphatic rings. The standard InChI is InChI=1S/C19H25N3O2/c1-2-24-18-10-8-17(9-11-18)21-19(23)15-22(13-12-20)14-16-6-4-3-5-7-16/h3-11H,2,12-15,20H2,1H3,(H,21,23). The van der Waals surface area contributed by atoms with Crippen molar-refractivity contribution in [3.8, 4) is 5.75 Å². The van der Waals surface area contributed by atoms with Crippen LogP contribution in [0.15, 0.2) is 54.6 Å². The lowest BCUT2D eigenvalue weighted by molar-refractivity contribution is -0.117. The molecule has 1 amide bonds. The molecule has 0 atom stereocenters. The molecule has 24 heavy (non-hydrogen) atoms. The molecule has 0 saturated carbocycles. The Kier molecular flexibility index (Phi) is 7.26. The van der Waals surface area contributed by atoms with Gasteiger partial charge in [-0.15, -0.1) is 0 Å². The van der Waals surface area contributed by atoms with Crippen LogP contribution in [0.4, 0.5) is 5.69 Å². The second-order valence-corrected chi connectivity index (χ2v) is 5.49. The van der Waals surface area contributed by atoms with Crippen molar-refractivity contribution in [1.29, 1.82) is 0 Å². The fourth-order valence-corrected chi connectivity index (χ4v) is 2.44. The molecule has 5 heteroatoms. The Hall–Kier alpha value is -2.37. The van der Waals surface area contributed by atoms with E-state index >= 15 is 0 Å². The molecule has 0 fully saturated rings. The predicted octanol–water partition coefficient (Wildman–Crippen LogP) is 2.48. The summed E-state index contributed by atoms with van der Waals surface area (Å²) in [5.74, 6) is 0.743. The summed E-state index contributed by atoms with van der Waals surface area (Å²) in [6, 6.07) is 17.4. The molecular formula is C19H25N3O2.